The molecule has 2 heterocycles. The molecule has 0 bridgehead atoms. The molecule has 5 rings (SSSR count). The molecule has 4 atom stereocenters. The summed E-state index contributed by atoms with van der Waals surface area (Å²) in [7, 11) is 0. The normalized spacial score (nSPS) is 24.0. The van der Waals surface area contributed by atoms with Gasteiger partial charge in [0.2, 0.25) is 17.6 Å². The Morgan fingerprint density at radius 1 is 1.07 bits per heavy atom. The van der Waals surface area contributed by atoms with Crippen molar-refractivity contribution in [1.82, 2.24) is 26.2 Å². The summed E-state index contributed by atoms with van der Waals surface area (Å²) in [6.45, 7) is 4.13. The van der Waals surface area contributed by atoms with Crippen molar-refractivity contribution in [3.8, 4) is 0 Å². The zero-order valence-corrected chi connectivity index (χ0v) is 27.4. The predicted molar refractivity (Wildman–Crippen MR) is 172 cm³/mol. The van der Waals surface area contributed by atoms with Gasteiger partial charge >= 0.3 is 6.03 Å². The molecule has 13 heteroatoms. The van der Waals surface area contributed by atoms with E-state index in [9.17, 15) is 24.0 Å². The van der Waals surface area contributed by atoms with Crippen molar-refractivity contribution in [2.24, 2.45) is 11.1 Å². The summed E-state index contributed by atoms with van der Waals surface area (Å²) in [6.07, 6.45) is 7.47. The first-order valence-electron chi connectivity index (χ1n) is 16.6. The van der Waals surface area contributed by atoms with Crippen LogP contribution in [0.2, 0.25) is 5.02 Å². The maximum Gasteiger partial charge on any atom is 0.315 e. The van der Waals surface area contributed by atoms with Crippen LogP contribution in [-0.2, 0) is 24.0 Å². The van der Waals surface area contributed by atoms with Crippen molar-refractivity contribution in [2.75, 3.05) is 13.1 Å². The molecular formula is C33H45ClN6O6. The first-order chi connectivity index (χ1) is 22.1. The number of hydrogen-bond donors (Lipinski definition) is 4. The van der Waals surface area contributed by atoms with E-state index in [1.54, 1.807) is 19.1 Å². The van der Waals surface area contributed by atoms with Crippen LogP contribution in [0.15, 0.2) is 29.4 Å². The summed E-state index contributed by atoms with van der Waals surface area (Å²) in [5.74, 6) is -2.42. The van der Waals surface area contributed by atoms with E-state index in [1.807, 2.05) is 19.1 Å². The van der Waals surface area contributed by atoms with E-state index in [0.29, 0.717) is 30.1 Å². The average Bonchev–Trinajstić information content (AvgIpc) is 3.64. The number of carbonyl (C=O) groups is 5. The van der Waals surface area contributed by atoms with Gasteiger partial charge in [-0.15, -0.1) is 0 Å². The lowest BCUT2D eigenvalue weighted by atomic mass is 9.83. The fraction of sp³-hybridized carbons (Fsp3) is 0.636. The lowest BCUT2D eigenvalue weighted by molar-refractivity contribution is -0.143. The smallest absolute Gasteiger partial charge is 0.315 e. The van der Waals surface area contributed by atoms with Crippen LogP contribution in [0.3, 0.4) is 0 Å². The van der Waals surface area contributed by atoms with Crippen LogP contribution in [0, 0.1) is 5.92 Å². The van der Waals surface area contributed by atoms with Crippen LogP contribution in [0.1, 0.15) is 90.0 Å². The van der Waals surface area contributed by atoms with E-state index >= 15 is 0 Å². The molecular weight excluding hydrogens is 612 g/mol. The molecule has 46 heavy (non-hydrogen) atoms. The highest BCUT2D eigenvalue weighted by atomic mass is 35.5. The topological polar surface area (TPSA) is 158 Å². The third-order valence-corrected chi connectivity index (χ3v) is 9.58. The number of nitrogens with one attached hydrogen (secondary N) is 4. The number of rotatable bonds is 12. The molecule has 4 N–H and O–H groups in total. The highest BCUT2D eigenvalue weighted by Crippen LogP contribution is 2.40. The third-order valence-electron chi connectivity index (χ3n) is 9.34. The predicted octanol–water partition coefficient (Wildman–Crippen LogP) is 3.20. The summed E-state index contributed by atoms with van der Waals surface area (Å²) in [6, 6.07) is 3.91. The third kappa shape index (κ3) is 8.00. The number of urea groups is 1. The first-order valence-corrected chi connectivity index (χ1v) is 17.0. The number of hydrogen-bond acceptors (Lipinski definition) is 7. The highest BCUT2D eigenvalue weighted by Gasteiger charge is 2.55. The van der Waals surface area contributed by atoms with Gasteiger partial charge in [-0.2, -0.15) is 0 Å². The fourth-order valence-electron chi connectivity index (χ4n) is 6.80. The second-order valence-corrected chi connectivity index (χ2v) is 13.5. The zero-order chi connectivity index (χ0) is 32.8. The molecule has 3 fully saturated rings. The monoisotopic (exact) mass is 656 g/mol. The van der Waals surface area contributed by atoms with Gasteiger partial charge in [-0.05, 0) is 57.1 Å². The number of amides is 5. The van der Waals surface area contributed by atoms with Gasteiger partial charge in [0.15, 0.2) is 5.60 Å². The Hall–Kier alpha value is -3.67. The zero-order valence-electron chi connectivity index (χ0n) is 26.6. The molecule has 2 saturated carbocycles. The van der Waals surface area contributed by atoms with Gasteiger partial charge in [-0.3, -0.25) is 19.2 Å². The molecule has 0 aromatic heterocycles. The molecule has 0 radical (unpaired) electrons. The van der Waals surface area contributed by atoms with Gasteiger partial charge in [0, 0.05) is 36.0 Å². The Bertz CT molecular complexity index is 1360. The minimum absolute atomic E-state index is 0.000400. The number of oxime groups is 1. The van der Waals surface area contributed by atoms with E-state index < -0.39 is 47.4 Å². The van der Waals surface area contributed by atoms with E-state index in [2.05, 4.69) is 26.4 Å². The van der Waals surface area contributed by atoms with Gasteiger partial charge < -0.3 is 31.0 Å². The Morgan fingerprint density at radius 2 is 1.83 bits per heavy atom. The molecule has 2 aliphatic heterocycles. The van der Waals surface area contributed by atoms with Crippen molar-refractivity contribution in [3.63, 3.8) is 0 Å². The van der Waals surface area contributed by atoms with Crippen LogP contribution in [0.4, 0.5) is 4.79 Å². The van der Waals surface area contributed by atoms with E-state index in [1.165, 1.54) is 4.90 Å². The van der Waals surface area contributed by atoms with Crippen LogP contribution >= 0.6 is 11.6 Å². The summed E-state index contributed by atoms with van der Waals surface area (Å²) < 4.78 is 0. The number of likely N-dealkylation sites (tertiary alicyclic amines) is 1. The van der Waals surface area contributed by atoms with Gasteiger partial charge in [0.1, 0.15) is 12.1 Å². The summed E-state index contributed by atoms with van der Waals surface area (Å²) >= 11 is 6.23. The number of ketones is 1. The van der Waals surface area contributed by atoms with E-state index in [-0.39, 0.29) is 37.3 Å². The van der Waals surface area contributed by atoms with Crippen LogP contribution < -0.4 is 21.3 Å². The first kappa shape index (κ1) is 33.7. The quantitative estimate of drug-likeness (QED) is 0.253. The average molecular weight is 657 g/mol. The lowest BCUT2D eigenvalue weighted by Gasteiger charge is -2.34. The molecule has 1 saturated heterocycles. The second-order valence-electron chi connectivity index (χ2n) is 13.0. The Kier molecular flexibility index (Phi) is 10.9. The van der Waals surface area contributed by atoms with Crippen LogP contribution in [0.5, 0.6) is 0 Å². The lowest BCUT2D eigenvalue weighted by Crippen LogP contribution is -2.59. The molecule has 4 aliphatic rings. The number of nitrogens with zero attached hydrogens (tertiary/aromatic N) is 2. The number of halogens is 1. The Labute approximate surface area is 274 Å². The summed E-state index contributed by atoms with van der Waals surface area (Å²) in [5.41, 5.74) is 0.436. The van der Waals surface area contributed by atoms with Crippen molar-refractivity contribution in [3.05, 3.63) is 34.9 Å². The van der Waals surface area contributed by atoms with Gasteiger partial charge in [0.05, 0.1) is 18.3 Å². The molecule has 1 spiro atoms. The van der Waals surface area contributed by atoms with E-state index in [0.717, 1.165) is 50.5 Å². The van der Waals surface area contributed by atoms with Crippen LogP contribution in [0.25, 0.3) is 0 Å². The number of carbonyl (C=O) groups excluding carboxylic acids is 5. The van der Waals surface area contributed by atoms with Gasteiger partial charge in [-0.25, -0.2) is 4.79 Å². The minimum atomic E-state index is -1.03. The maximum absolute atomic E-state index is 14.5. The number of Topliss-reactive ketones (excluding diaryl/α,β-unsaturated/α-hetero) is 1. The molecule has 12 nitrogen and oxygen atoms in total. The molecule has 5 amide bonds. The Morgan fingerprint density at radius 3 is 2.50 bits per heavy atom. The molecule has 0 unspecified atom stereocenters. The van der Waals surface area contributed by atoms with Gasteiger partial charge in [0.25, 0.3) is 5.91 Å². The van der Waals surface area contributed by atoms with Crippen molar-refractivity contribution < 1.29 is 28.8 Å². The standard InChI is InChI=1S/C33H45ClN6O6/c1-3-9-24(28(41)30(43)36-23-14-15-23)37-29(42)26-18-33(17-25(39-46-33)21-12-8-13-22(34)16-21)19-40(26)31(44)27(38-32(45)35-4-2)20-10-6-5-7-11-20/h8,12-13,16,20,23-24,26-27H,3-7,9-11,14-15,17-19H2,1-2H3,(H,36,43)(H,37,42)(H2,35,38,45)/t24-,26-,27-,33+/m0/s1. The summed E-state index contributed by atoms with van der Waals surface area (Å²) in [5, 5.41) is 16.0. The van der Waals surface area contributed by atoms with Crippen LogP contribution in [-0.4, -0.2) is 83.0 Å². The maximum atomic E-state index is 14.5. The highest BCUT2D eigenvalue weighted by molar-refractivity contribution is 6.38. The fourth-order valence-corrected chi connectivity index (χ4v) is 6.99. The Balaban J connectivity index is 1.40. The van der Waals surface area contributed by atoms with Crippen molar-refractivity contribution in [1.29, 1.82) is 0 Å². The molecule has 2 aliphatic carbocycles. The molecule has 1 aromatic rings. The number of benzene rings is 1. The molecule has 1 aromatic carbocycles. The van der Waals surface area contributed by atoms with Crippen molar-refractivity contribution in [2.45, 2.75) is 114 Å². The SMILES string of the molecule is CCC[C@H](NC(=O)[C@@H]1C[C@]2(CC(c3cccc(Cl)c3)=NO2)CN1C(=O)[C@@H](NC(=O)NCC)C1CCCCC1)C(=O)C(=O)NC1CC1. The largest absolute Gasteiger partial charge is 0.387 e. The van der Waals surface area contributed by atoms with E-state index in [4.69, 9.17) is 16.4 Å². The van der Waals surface area contributed by atoms with Gasteiger partial charge in [-0.1, -0.05) is 61.5 Å². The minimum Gasteiger partial charge on any atom is -0.387 e. The summed E-state index contributed by atoms with van der Waals surface area (Å²) in [4.78, 5) is 74.6. The van der Waals surface area contributed by atoms with Crippen molar-refractivity contribution >= 4 is 46.8 Å². The second kappa shape index (κ2) is 14.8. The molecule has 250 valence electrons.